The Kier molecular flexibility index (Phi) is 7.65. The van der Waals surface area contributed by atoms with Gasteiger partial charge in [0.1, 0.15) is 24.2 Å². The van der Waals surface area contributed by atoms with Crippen LogP contribution in [0.25, 0.3) is 0 Å². The van der Waals surface area contributed by atoms with E-state index < -0.39 is 6.10 Å². The first-order valence-corrected chi connectivity index (χ1v) is 8.61. The topological polar surface area (TPSA) is 62.2 Å². The van der Waals surface area contributed by atoms with Crippen molar-refractivity contribution in [2.45, 2.75) is 44.8 Å². The molecule has 1 aliphatic rings. The third kappa shape index (κ3) is 6.01. The molecule has 0 aliphatic carbocycles. The highest BCUT2D eigenvalue weighted by Crippen LogP contribution is 2.20. The van der Waals surface area contributed by atoms with Crippen LogP contribution in [0.1, 0.15) is 32.6 Å². The lowest BCUT2D eigenvalue weighted by atomic mass is 9.99. The lowest BCUT2D eigenvalue weighted by molar-refractivity contribution is 0.0332. The van der Waals surface area contributed by atoms with Crippen molar-refractivity contribution in [2.75, 3.05) is 32.9 Å². The lowest BCUT2D eigenvalue weighted by Crippen LogP contribution is -2.45. The number of β-amino-alcohol motifs (C(OH)–C–C–N with tert-alkyl or cyclic N) is 1. The van der Waals surface area contributed by atoms with Crippen LogP contribution in [-0.2, 0) is 0 Å². The zero-order chi connectivity index (χ0) is 16.5. The van der Waals surface area contributed by atoms with Crippen molar-refractivity contribution in [3.8, 4) is 11.5 Å². The monoisotopic (exact) mass is 323 g/mol. The second-order valence-electron chi connectivity index (χ2n) is 6.03. The molecule has 0 radical (unpaired) electrons. The normalized spacial score (nSPS) is 20.2. The van der Waals surface area contributed by atoms with Crippen LogP contribution in [-0.4, -0.2) is 60.2 Å². The summed E-state index contributed by atoms with van der Waals surface area (Å²) < 4.78 is 11.0. The number of likely N-dealkylation sites (tertiary alicyclic amines) is 1. The summed E-state index contributed by atoms with van der Waals surface area (Å²) in [5.74, 6) is 1.55. The highest BCUT2D eigenvalue weighted by molar-refractivity contribution is 5.31. The highest BCUT2D eigenvalue weighted by Gasteiger charge is 2.24. The number of piperidine rings is 1. The van der Waals surface area contributed by atoms with Gasteiger partial charge in [0.15, 0.2) is 0 Å². The number of rotatable bonds is 9. The second-order valence-corrected chi connectivity index (χ2v) is 6.03. The predicted molar refractivity (Wildman–Crippen MR) is 90.0 cm³/mol. The fraction of sp³-hybridized carbons (Fsp3) is 0.667. The minimum Gasteiger partial charge on any atom is -0.494 e. The van der Waals surface area contributed by atoms with Gasteiger partial charge in [-0.2, -0.15) is 0 Å². The molecule has 2 unspecified atom stereocenters. The molecule has 2 rings (SSSR count). The standard InChI is InChI=1S/C18H29NO4/c1-2-22-17-6-8-18(9-7-17)23-14-16(21)13-19-11-4-3-5-15(19)10-12-20/h6-9,15-16,20-21H,2-5,10-14H2,1H3. The Morgan fingerprint density at radius 3 is 2.52 bits per heavy atom. The Morgan fingerprint density at radius 1 is 1.17 bits per heavy atom. The number of aliphatic hydroxyl groups is 2. The summed E-state index contributed by atoms with van der Waals surface area (Å²) in [7, 11) is 0. The Hall–Kier alpha value is -1.30. The minimum atomic E-state index is -0.527. The summed E-state index contributed by atoms with van der Waals surface area (Å²) in [5, 5.41) is 19.4. The van der Waals surface area contributed by atoms with E-state index in [1.54, 1.807) is 0 Å². The third-order valence-electron chi connectivity index (χ3n) is 4.23. The predicted octanol–water partition coefficient (Wildman–Crippen LogP) is 2.06. The molecule has 0 aromatic heterocycles. The van der Waals surface area contributed by atoms with Crippen molar-refractivity contribution < 1.29 is 19.7 Å². The van der Waals surface area contributed by atoms with Crippen LogP contribution in [0.3, 0.4) is 0 Å². The van der Waals surface area contributed by atoms with Gasteiger partial charge >= 0.3 is 0 Å². The molecule has 0 bridgehead atoms. The van der Waals surface area contributed by atoms with Crippen LogP contribution in [0.4, 0.5) is 0 Å². The average Bonchev–Trinajstić information content (AvgIpc) is 2.57. The molecule has 1 fully saturated rings. The Bertz CT molecular complexity index is 435. The van der Waals surface area contributed by atoms with E-state index in [2.05, 4.69) is 4.90 Å². The number of hydrogen-bond acceptors (Lipinski definition) is 5. The fourth-order valence-electron chi connectivity index (χ4n) is 3.09. The van der Waals surface area contributed by atoms with E-state index in [-0.39, 0.29) is 13.2 Å². The molecule has 1 aliphatic heterocycles. The van der Waals surface area contributed by atoms with Crippen LogP contribution < -0.4 is 9.47 Å². The number of ether oxygens (including phenoxy) is 2. The first-order valence-electron chi connectivity index (χ1n) is 8.61. The molecule has 0 amide bonds. The lowest BCUT2D eigenvalue weighted by Gasteiger charge is -2.36. The van der Waals surface area contributed by atoms with Gasteiger partial charge in [0.25, 0.3) is 0 Å². The fourth-order valence-corrected chi connectivity index (χ4v) is 3.09. The molecule has 2 atom stereocenters. The van der Waals surface area contributed by atoms with E-state index in [9.17, 15) is 5.11 Å². The van der Waals surface area contributed by atoms with E-state index in [4.69, 9.17) is 14.6 Å². The molecule has 1 saturated heterocycles. The largest absolute Gasteiger partial charge is 0.494 e. The van der Waals surface area contributed by atoms with E-state index in [0.29, 0.717) is 19.2 Å². The number of hydrogen-bond donors (Lipinski definition) is 2. The van der Waals surface area contributed by atoms with Crippen molar-refractivity contribution in [3.05, 3.63) is 24.3 Å². The molecule has 0 saturated carbocycles. The molecule has 130 valence electrons. The number of benzene rings is 1. The van der Waals surface area contributed by atoms with Crippen LogP contribution in [0.2, 0.25) is 0 Å². The van der Waals surface area contributed by atoms with Gasteiger partial charge in [0, 0.05) is 19.2 Å². The zero-order valence-corrected chi connectivity index (χ0v) is 14.0. The molecule has 23 heavy (non-hydrogen) atoms. The molecule has 2 N–H and O–H groups in total. The van der Waals surface area contributed by atoms with Crippen LogP contribution >= 0.6 is 0 Å². The summed E-state index contributed by atoms with van der Waals surface area (Å²) in [6.45, 7) is 4.66. The van der Waals surface area contributed by atoms with Crippen LogP contribution in [0.5, 0.6) is 11.5 Å². The highest BCUT2D eigenvalue weighted by atomic mass is 16.5. The van der Waals surface area contributed by atoms with Gasteiger partial charge in [0.05, 0.1) is 6.61 Å². The molecule has 0 spiro atoms. The van der Waals surface area contributed by atoms with Gasteiger partial charge in [-0.15, -0.1) is 0 Å². The summed E-state index contributed by atoms with van der Waals surface area (Å²) in [6.07, 6.45) is 3.73. The maximum atomic E-state index is 10.2. The van der Waals surface area contributed by atoms with Crippen molar-refractivity contribution in [1.29, 1.82) is 0 Å². The van der Waals surface area contributed by atoms with Gasteiger partial charge in [-0.1, -0.05) is 6.42 Å². The first kappa shape index (κ1) is 18.0. The number of aliphatic hydroxyl groups excluding tert-OH is 2. The number of nitrogens with zero attached hydrogens (tertiary/aromatic N) is 1. The third-order valence-corrected chi connectivity index (χ3v) is 4.23. The smallest absolute Gasteiger partial charge is 0.119 e. The Morgan fingerprint density at radius 2 is 1.87 bits per heavy atom. The van der Waals surface area contributed by atoms with Crippen molar-refractivity contribution >= 4 is 0 Å². The minimum absolute atomic E-state index is 0.208. The quantitative estimate of drug-likeness (QED) is 0.728. The summed E-state index contributed by atoms with van der Waals surface area (Å²) in [6, 6.07) is 7.83. The summed E-state index contributed by atoms with van der Waals surface area (Å²) >= 11 is 0. The molecular weight excluding hydrogens is 294 g/mol. The van der Waals surface area contributed by atoms with Crippen molar-refractivity contribution in [1.82, 2.24) is 4.90 Å². The summed E-state index contributed by atoms with van der Waals surface area (Å²) in [5.41, 5.74) is 0. The molecule has 5 nitrogen and oxygen atoms in total. The molecular formula is C18H29NO4. The molecule has 5 heteroatoms. The van der Waals surface area contributed by atoms with E-state index in [1.807, 2.05) is 31.2 Å². The van der Waals surface area contributed by atoms with E-state index in [0.717, 1.165) is 37.3 Å². The molecule has 1 heterocycles. The van der Waals surface area contributed by atoms with Crippen molar-refractivity contribution in [2.24, 2.45) is 0 Å². The molecule has 1 aromatic rings. The van der Waals surface area contributed by atoms with Crippen LogP contribution in [0.15, 0.2) is 24.3 Å². The average molecular weight is 323 g/mol. The molecule has 1 aromatic carbocycles. The van der Waals surface area contributed by atoms with Gasteiger partial charge in [0.2, 0.25) is 0 Å². The Balaban J connectivity index is 1.76. The first-order chi connectivity index (χ1) is 11.2. The van der Waals surface area contributed by atoms with Gasteiger partial charge in [-0.25, -0.2) is 0 Å². The van der Waals surface area contributed by atoms with Gasteiger partial charge < -0.3 is 19.7 Å². The maximum absolute atomic E-state index is 10.2. The second kappa shape index (κ2) is 9.75. The van der Waals surface area contributed by atoms with Gasteiger partial charge in [-0.05, 0) is 57.0 Å². The Labute approximate surface area is 138 Å². The van der Waals surface area contributed by atoms with E-state index >= 15 is 0 Å². The zero-order valence-electron chi connectivity index (χ0n) is 14.0. The maximum Gasteiger partial charge on any atom is 0.119 e. The van der Waals surface area contributed by atoms with Crippen LogP contribution in [0, 0.1) is 0 Å². The summed E-state index contributed by atoms with van der Waals surface area (Å²) in [4.78, 5) is 2.28. The van der Waals surface area contributed by atoms with E-state index in [1.165, 1.54) is 6.42 Å². The van der Waals surface area contributed by atoms with Gasteiger partial charge in [-0.3, -0.25) is 4.90 Å². The van der Waals surface area contributed by atoms with Crippen molar-refractivity contribution in [3.63, 3.8) is 0 Å². The SMILES string of the molecule is CCOc1ccc(OCC(O)CN2CCCCC2CCO)cc1.